The summed E-state index contributed by atoms with van der Waals surface area (Å²) in [6.07, 6.45) is 1.09. The van der Waals surface area contributed by atoms with E-state index in [9.17, 15) is 13.6 Å². The van der Waals surface area contributed by atoms with E-state index in [-0.39, 0.29) is 11.7 Å². The van der Waals surface area contributed by atoms with Crippen molar-refractivity contribution in [1.29, 1.82) is 0 Å². The van der Waals surface area contributed by atoms with E-state index in [1.54, 1.807) is 4.90 Å². The summed E-state index contributed by atoms with van der Waals surface area (Å²) in [6.45, 7) is 5.51. The van der Waals surface area contributed by atoms with Crippen molar-refractivity contribution in [3.63, 3.8) is 0 Å². The van der Waals surface area contributed by atoms with Crippen LogP contribution in [-0.2, 0) is 0 Å². The van der Waals surface area contributed by atoms with E-state index >= 15 is 0 Å². The summed E-state index contributed by atoms with van der Waals surface area (Å²) in [5, 5.41) is 2.49. The van der Waals surface area contributed by atoms with Crippen molar-refractivity contribution in [2.75, 3.05) is 18.4 Å². The molecule has 0 spiro atoms. The third kappa shape index (κ3) is 3.43. The molecule has 1 saturated heterocycles. The standard InChI is InChI=1S/C14H18F2N2O/c1-9-5-10(2)8-18(7-9)14(19)17-13-4-3-11(15)6-12(13)16/h3-4,6,9-10H,5,7-8H2,1-2H3,(H,17,19). The fourth-order valence-corrected chi connectivity index (χ4v) is 2.61. The molecule has 0 saturated carbocycles. The van der Waals surface area contributed by atoms with Gasteiger partial charge in [-0.3, -0.25) is 0 Å². The molecule has 0 aromatic heterocycles. The number of benzene rings is 1. The van der Waals surface area contributed by atoms with E-state index in [1.165, 1.54) is 6.07 Å². The zero-order valence-electron chi connectivity index (χ0n) is 11.1. The van der Waals surface area contributed by atoms with Crippen LogP contribution in [0.25, 0.3) is 0 Å². The first kappa shape index (κ1) is 13.8. The third-order valence-electron chi connectivity index (χ3n) is 3.33. The smallest absolute Gasteiger partial charge is 0.321 e. The summed E-state index contributed by atoms with van der Waals surface area (Å²) in [7, 11) is 0. The summed E-state index contributed by atoms with van der Waals surface area (Å²) in [5.41, 5.74) is 0.0114. The van der Waals surface area contributed by atoms with Crippen LogP contribution >= 0.6 is 0 Å². The molecule has 5 heteroatoms. The van der Waals surface area contributed by atoms with Gasteiger partial charge in [-0.15, -0.1) is 0 Å². The summed E-state index contributed by atoms with van der Waals surface area (Å²) in [4.78, 5) is 13.7. The quantitative estimate of drug-likeness (QED) is 0.831. The molecule has 104 valence electrons. The van der Waals surface area contributed by atoms with Gasteiger partial charge in [-0.2, -0.15) is 0 Å². The highest BCUT2D eigenvalue weighted by Crippen LogP contribution is 2.22. The van der Waals surface area contributed by atoms with E-state index in [0.717, 1.165) is 18.6 Å². The largest absolute Gasteiger partial charge is 0.324 e. The SMILES string of the molecule is CC1CC(C)CN(C(=O)Nc2ccc(F)cc2F)C1. The van der Waals surface area contributed by atoms with Gasteiger partial charge in [0.05, 0.1) is 5.69 Å². The minimum atomic E-state index is -0.758. The van der Waals surface area contributed by atoms with Crippen LogP contribution in [0.2, 0.25) is 0 Å². The van der Waals surface area contributed by atoms with E-state index in [2.05, 4.69) is 19.2 Å². The Hall–Kier alpha value is -1.65. The number of hydrogen-bond acceptors (Lipinski definition) is 1. The summed E-state index contributed by atoms with van der Waals surface area (Å²) >= 11 is 0. The van der Waals surface area contributed by atoms with Crippen LogP contribution in [0.1, 0.15) is 20.3 Å². The zero-order chi connectivity index (χ0) is 14.0. The van der Waals surface area contributed by atoms with E-state index < -0.39 is 11.6 Å². The lowest BCUT2D eigenvalue weighted by atomic mass is 9.92. The number of nitrogens with zero attached hydrogens (tertiary/aromatic N) is 1. The number of carbonyl (C=O) groups excluding carboxylic acids is 1. The number of nitrogens with one attached hydrogen (secondary N) is 1. The molecule has 1 aromatic carbocycles. The van der Waals surface area contributed by atoms with Gasteiger partial charge in [0.25, 0.3) is 0 Å². The van der Waals surface area contributed by atoms with E-state index in [1.807, 2.05) is 0 Å². The molecular weight excluding hydrogens is 250 g/mol. The van der Waals surface area contributed by atoms with Crippen LogP contribution in [0, 0.1) is 23.5 Å². The van der Waals surface area contributed by atoms with Crippen LogP contribution in [-0.4, -0.2) is 24.0 Å². The average Bonchev–Trinajstić information content (AvgIpc) is 2.31. The lowest BCUT2D eigenvalue weighted by molar-refractivity contribution is 0.156. The predicted molar refractivity (Wildman–Crippen MR) is 69.9 cm³/mol. The molecule has 1 N–H and O–H groups in total. The monoisotopic (exact) mass is 268 g/mol. The first-order valence-corrected chi connectivity index (χ1v) is 6.46. The van der Waals surface area contributed by atoms with Crippen LogP contribution in [0.5, 0.6) is 0 Å². The average molecular weight is 268 g/mol. The highest BCUT2D eigenvalue weighted by molar-refractivity contribution is 5.89. The maximum absolute atomic E-state index is 13.5. The Balaban J connectivity index is 2.04. The molecule has 0 radical (unpaired) electrons. The summed E-state index contributed by atoms with van der Waals surface area (Å²) in [6, 6.07) is 2.79. The van der Waals surface area contributed by atoms with Crippen LogP contribution < -0.4 is 5.32 Å². The molecule has 0 aliphatic carbocycles. The van der Waals surface area contributed by atoms with Crippen molar-refractivity contribution in [2.24, 2.45) is 11.8 Å². The zero-order valence-corrected chi connectivity index (χ0v) is 11.1. The molecule has 0 bridgehead atoms. The van der Waals surface area contributed by atoms with E-state index in [0.29, 0.717) is 24.9 Å². The Labute approximate surface area is 111 Å². The minimum Gasteiger partial charge on any atom is -0.324 e. The molecule has 1 aliphatic heterocycles. The summed E-state index contributed by atoms with van der Waals surface area (Å²) < 4.78 is 26.2. The minimum absolute atomic E-state index is 0.0114. The van der Waals surface area contributed by atoms with Gasteiger partial charge >= 0.3 is 6.03 Å². The van der Waals surface area contributed by atoms with Crippen LogP contribution in [0.15, 0.2) is 18.2 Å². The van der Waals surface area contributed by atoms with Gasteiger partial charge in [0.2, 0.25) is 0 Å². The first-order chi connectivity index (χ1) is 8.95. The number of rotatable bonds is 1. The fourth-order valence-electron chi connectivity index (χ4n) is 2.61. The molecular formula is C14H18F2N2O. The third-order valence-corrected chi connectivity index (χ3v) is 3.33. The van der Waals surface area contributed by atoms with Crippen molar-refractivity contribution in [3.8, 4) is 0 Å². The van der Waals surface area contributed by atoms with Gasteiger partial charge in [0, 0.05) is 19.2 Å². The molecule has 2 rings (SSSR count). The molecule has 3 nitrogen and oxygen atoms in total. The Morgan fingerprint density at radius 1 is 1.26 bits per heavy atom. The number of anilines is 1. The van der Waals surface area contributed by atoms with Crippen molar-refractivity contribution in [3.05, 3.63) is 29.8 Å². The van der Waals surface area contributed by atoms with Crippen molar-refractivity contribution in [1.82, 2.24) is 4.90 Å². The Morgan fingerprint density at radius 2 is 1.89 bits per heavy atom. The highest BCUT2D eigenvalue weighted by Gasteiger charge is 2.25. The summed E-state index contributed by atoms with van der Waals surface area (Å²) in [5.74, 6) is -0.540. The number of halogens is 2. The topological polar surface area (TPSA) is 32.3 Å². The van der Waals surface area contributed by atoms with E-state index in [4.69, 9.17) is 0 Å². The Bertz CT molecular complexity index is 469. The predicted octanol–water partition coefficient (Wildman–Crippen LogP) is 3.47. The van der Waals surface area contributed by atoms with Crippen LogP contribution in [0.4, 0.5) is 19.3 Å². The second kappa shape index (κ2) is 5.55. The van der Waals surface area contributed by atoms with Crippen molar-refractivity contribution < 1.29 is 13.6 Å². The molecule has 1 aliphatic rings. The number of hydrogen-bond donors (Lipinski definition) is 1. The second-order valence-corrected chi connectivity index (χ2v) is 5.41. The van der Waals surface area contributed by atoms with Gasteiger partial charge in [-0.25, -0.2) is 13.6 Å². The Morgan fingerprint density at radius 3 is 2.47 bits per heavy atom. The molecule has 2 amide bonds. The van der Waals surface area contributed by atoms with Crippen molar-refractivity contribution in [2.45, 2.75) is 20.3 Å². The second-order valence-electron chi connectivity index (χ2n) is 5.41. The normalized spacial score (nSPS) is 23.3. The molecule has 1 fully saturated rings. The molecule has 19 heavy (non-hydrogen) atoms. The molecule has 2 unspecified atom stereocenters. The highest BCUT2D eigenvalue weighted by atomic mass is 19.1. The van der Waals surface area contributed by atoms with Gasteiger partial charge in [0.15, 0.2) is 0 Å². The lowest BCUT2D eigenvalue weighted by Crippen LogP contribution is -2.44. The fraction of sp³-hybridized carbons (Fsp3) is 0.500. The maximum Gasteiger partial charge on any atom is 0.321 e. The number of carbonyl (C=O) groups is 1. The molecule has 2 atom stereocenters. The van der Waals surface area contributed by atoms with Crippen LogP contribution in [0.3, 0.4) is 0 Å². The van der Waals surface area contributed by atoms with Gasteiger partial charge < -0.3 is 10.2 Å². The Kier molecular flexibility index (Phi) is 4.02. The van der Waals surface area contributed by atoms with Gasteiger partial charge in [0.1, 0.15) is 11.6 Å². The number of piperidine rings is 1. The molecule has 1 heterocycles. The molecule has 1 aromatic rings. The number of urea groups is 1. The maximum atomic E-state index is 13.5. The lowest BCUT2D eigenvalue weighted by Gasteiger charge is -2.34. The van der Waals surface area contributed by atoms with Crippen molar-refractivity contribution >= 4 is 11.7 Å². The van der Waals surface area contributed by atoms with Gasteiger partial charge in [-0.05, 0) is 30.4 Å². The first-order valence-electron chi connectivity index (χ1n) is 6.46. The van der Waals surface area contributed by atoms with Gasteiger partial charge in [-0.1, -0.05) is 13.8 Å². The number of likely N-dealkylation sites (tertiary alicyclic amines) is 1. The number of amides is 2.